The summed E-state index contributed by atoms with van der Waals surface area (Å²) in [5.74, 6) is 0. The third-order valence-electron chi connectivity index (χ3n) is 4.46. The number of nitrogens with one attached hydrogen (secondary N) is 3. The van der Waals surface area contributed by atoms with Crippen LogP contribution in [0, 0.1) is 16.7 Å². The normalized spacial score (nSPS) is 30.8. The SMILES string of the molecule is C/C=C1/C=C(C2C=C(C#N)N2)CC(NC2CN(SC)C2)C1=N. The first-order valence-corrected chi connectivity index (χ1v) is 8.72. The Balaban J connectivity index is 1.68. The Morgan fingerprint density at radius 3 is 2.86 bits per heavy atom. The quantitative estimate of drug-likeness (QED) is 0.687. The number of rotatable bonds is 4. The molecule has 1 saturated heterocycles. The van der Waals surface area contributed by atoms with Crippen LogP contribution in [0.5, 0.6) is 0 Å². The smallest absolute Gasteiger partial charge is 0.117 e. The molecule has 1 fully saturated rings. The second-order valence-electron chi connectivity index (χ2n) is 5.84. The summed E-state index contributed by atoms with van der Waals surface area (Å²) in [4.78, 5) is 0. The second kappa shape index (κ2) is 6.29. The van der Waals surface area contributed by atoms with Crippen molar-refractivity contribution in [2.24, 2.45) is 0 Å². The van der Waals surface area contributed by atoms with Crippen LogP contribution in [0.4, 0.5) is 0 Å². The third kappa shape index (κ3) is 2.84. The fourth-order valence-corrected chi connectivity index (χ4v) is 3.71. The van der Waals surface area contributed by atoms with Gasteiger partial charge in [0.25, 0.3) is 0 Å². The summed E-state index contributed by atoms with van der Waals surface area (Å²) >= 11 is 1.77. The van der Waals surface area contributed by atoms with Gasteiger partial charge in [-0.3, -0.25) is 0 Å². The summed E-state index contributed by atoms with van der Waals surface area (Å²) < 4.78 is 2.31. The van der Waals surface area contributed by atoms with Crippen LogP contribution in [0.3, 0.4) is 0 Å². The lowest BCUT2D eigenvalue weighted by atomic mass is 9.83. The zero-order valence-corrected chi connectivity index (χ0v) is 13.7. The molecule has 0 bridgehead atoms. The van der Waals surface area contributed by atoms with Crippen LogP contribution in [0.25, 0.3) is 0 Å². The minimum absolute atomic E-state index is 0.0709. The van der Waals surface area contributed by atoms with Gasteiger partial charge in [-0.05, 0) is 36.8 Å². The van der Waals surface area contributed by atoms with Crippen molar-refractivity contribution in [2.75, 3.05) is 19.3 Å². The molecule has 2 heterocycles. The molecule has 3 aliphatic rings. The first-order chi connectivity index (χ1) is 10.6. The maximum absolute atomic E-state index is 8.84. The zero-order chi connectivity index (χ0) is 15.7. The minimum atomic E-state index is 0.0709. The van der Waals surface area contributed by atoms with E-state index in [1.54, 1.807) is 11.9 Å². The van der Waals surface area contributed by atoms with Gasteiger partial charge in [-0.2, -0.15) is 5.26 Å². The molecule has 0 aromatic heterocycles. The molecule has 0 radical (unpaired) electrons. The van der Waals surface area contributed by atoms with Gasteiger partial charge in [0, 0.05) is 19.1 Å². The van der Waals surface area contributed by atoms with E-state index in [9.17, 15) is 0 Å². The van der Waals surface area contributed by atoms with Gasteiger partial charge in [0.15, 0.2) is 0 Å². The highest BCUT2D eigenvalue weighted by molar-refractivity contribution is 7.96. The summed E-state index contributed by atoms with van der Waals surface area (Å²) in [5, 5.41) is 24.0. The predicted molar refractivity (Wildman–Crippen MR) is 90.6 cm³/mol. The molecule has 3 N–H and O–H groups in total. The molecule has 22 heavy (non-hydrogen) atoms. The van der Waals surface area contributed by atoms with E-state index < -0.39 is 0 Å². The largest absolute Gasteiger partial charge is 0.367 e. The van der Waals surface area contributed by atoms with Crippen LogP contribution >= 0.6 is 11.9 Å². The van der Waals surface area contributed by atoms with Crippen LogP contribution in [0.15, 0.2) is 35.1 Å². The Bertz CT molecular complexity index is 607. The molecule has 2 unspecified atom stereocenters. The highest BCUT2D eigenvalue weighted by atomic mass is 32.2. The highest BCUT2D eigenvalue weighted by Gasteiger charge is 2.34. The van der Waals surface area contributed by atoms with Crippen LogP contribution in [-0.2, 0) is 0 Å². The molecule has 0 aromatic carbocycles. The van der Waals surface area contributed by atoms with Crippen LogP contribution in [-0.4, -0.2) is 47.5 Å². The van der Waals surface area contributed by atoms with E-state index in [0.717, 1.165) is 25.1 Å². The number of allylic oxidation sites excluding steroid dienone is 3. The number of hydrogen-bond acceptors (Lipinski definition) is 6. The van der Waals surface area contributed by atoms with Crippen molar-refractivity contribution in [3.63, 3.8) is 0 Å². The summed E-state index contributed by atoms with van der Waals surface area (Å²) in [6, 6.07) is 2.80. The first kappa shape index (κ1) is 15.3. The van der Waals surface area contributed by atoms with E-state index >= 15 is 0 Å². The molecular formula is C16H21N5S. The Kier molecular flexibility index (Phi) is 4.39. The lowest BCUT2D eigenvalue weighted by Gasteiger charge is -2.41. The van der Waals surface area contributed by atoms with Crippen molar-refractivity contribution >= 4 is 17.7 Å². The lowest BCUT2D eigenvalue weighted by molar-refractivity contribution is 0.239. The van der Waals surface area contributed by atoms with Crippen molar-refractivity contribution in [1.82, 2.24) is 14.9 Å². The molecule has 0 saturated carbocycles. The van der Waals surface area contributed by atoms with Crippen molar-refractivity contribution in [2.45, 2.75) is 31.5 Å². The monoisotopic (exact) mass is 315 g/mol. The van der Waals surface area contributed by atoms with E-state index in [-0.39, 0.29) is 12.1 Å². The molecule has 1 aliphatic carbocycles. The topological polar surface area (TPSA) is 74.9 Å². The van der Waals surface area contributed by atoms with E-state index in [0.29, 0.717) is 17.5 Å². The molecule has 2 atom stereocenters. The van der Waals surface area contributed by atoms with Crippen molar-refractivity contribution in [3.05, 3.63) is 35.1 Å². The van der Waals surface area contributed by atoms with Gasteiger partial charge >= 0.3 is 0 Å². The molecule has 3 rings (SSSR count). The van der Waals surface area contributed by atoms with Gasteiger partial charge in [0.2, 0.25) is 0 Å². The van der Waals surface area contributed by atoms with Gasteiger partial charge in [0.05, 0.1) is 17.8 Å². The molecule has 116 valence electrons. The maximum Gasteiger partial charge on any atom is 0.117 e. The van der Waals surface area contributed by atoms with Crippen molar-refractivity contribution < 1.29 is 0 Å². The standard InChI is InChI=1S/C16H21N5S/c1-3-10-4-11(14-6-12(7-17)19-14)5-15(16(10)18)20-13-8-21(9-13)22-2/h3-4,6,13-15,18-20H,5,8-9H2,1-2H3/b10-3-,18-16?. The average molecular weight is 315 g/mol. The van der Waals surface area contributed by atoms with Gasteiger partial charge in [-0.15, -0.1) is 0 Å². The lowest BCUT2D eigenvalue weighted by Crippen LogP contribution is -2.59. The average Bonchev–Trinajstić information content (AvgIpc) is 2.43. The third-order valence-corrected chi connectivity index (χ3v) is 5.27. The molecule has 0 amide bonds. The highest BCUT2D eigenvalue weighted by Crippen LogP contribution is 2.28. The van der Waals surface area contributed by atoms with Gasteiger partial charge < -0.3 is 16.0 Å². The van der Waals surface area contributed by atoms with Crippen LogP contribution in [0.1, 0.15) is 13.3 Å². The Labute approximate surface area is 135 Å². The summed E-state index contributed by atoms with van der Waals surface area (Å²) in [6.07, 6.45) is 8.98. The van der Waals surface area contributed by atoms with E-state index in [1.165, 1.54) is 5.57 Å². The number of nitriles is 1. The van der Waals surface area contributed by atoms with Gasteiger partial charge in [0.1, 0.15) is 11.8 Å². The fraction of sp³-hybridized carbons (Fsp3) is 0.500. The minimum Gasteiger partial charge on any atom is -0.367 e. The number of hydrogen-bond donors (Lipinski definition) is 3. The zero-order valence-electron chi connectivity index (χ0n) is 12.9. The maximum atomic E-state index is 8.84. The van der Waals surface area contributed by atoms with E-state index in [2.05, 4.69) is 33.3 Å². The Morgan fingerprint density at radius 2 is 2.27 bits per heavy atom. The molecule has 0 aromatic rings. The van der Waals surface area contributed by atoms with E-state index in [1.807, 2.05) is 19.1 Å². The van der Waals surface area contributed by atoms with Crippen LogP contribution < -0.4 is 10.6 Å². The second-order valence-corrected chi connectivity index (χ2v) is 6.72. The van der Waals surface area contributed by atoms with Crippen LogP contribution in [0.2, 0.25) is 0 Å². The van der Waals surface area contributed by atoms with Gasteiger partial charge in [-0.25, -0.2) is 4.31 Å². The number of nitrogens with zero attached hydrogens (tertiary/aromatic N) is 2. The molecule has 6 heteroatoms. The van der Waals surface area contributed by atoms with Gasteiger partial charge in [-0.1, -0.05) is 24.1 Å². The molecular weight excluding hydrogens is 294 g/mol. The van der Waals surface area contributed by atoms with E-state index in [4.69, 9.17) is 10.7 Å². The summed E-state index contributed by atoms with van der Waals surface area (Å²) in [7, 11) is 0. The first-order valence-electron chi connectivity index (χ1n) is 7.53. The summed E-state index contributed by atoms with van der Waals surface area (Å²) in [5.41, 5.74) is 3.56. The molecule has 5 nitrogen and oxygen atoms in total. The Hall–Kier alpha value is -1.55. The predicted octanol–water partition coefficient (Wildman–Crippen LogP) is 1.58. The fourth-order valence-electron chi connectivity index (χ4n) is 3.05. The van der Waals surface area contributed by atoms with Crippen molar-refractivity contribution in [1.29, 1.82) is 10.7 Å². The molecule has 0 spiro atoms. The van der Waals surface area contributed by atoms with Crippen molar-refractivity contribution in [3.8, 4) is 6.07 Å². The summed E-state index contributed by atoms with van der Waals surface area (Å²) in [6.45, 7) is 4.05. The molecule has 2 aliphatic heterocycles. The Morgan fingerprint density at radius 1 is 1.55 bits per heavy atom.